The summed E-state index contributed by atoms with van der Waals surface area (Å²) in [6.07, 6.45) is 0. The van der Waals surface area contributed by atoms with Gasteiger partial charge >= 0.3 is 0 Å². The third kappa shape index (κ3) is 4.15. The third-order valence-corrected chi connectivity index (χ3v) is 8.23. The molecule has 180 valence electrons. The topological polar surface area (TPSA) is 12.0 Å². The molecule has 1 N–H and O–H groups in total. The van der Waals surface area contributed by atoms with Crippen LogP contribution >= 0.6 is 11.3 Å². The minimum absolute atomic E-state index is 1.09. The second-order valence-corrected chi connectivity index (χ2v) is 10.6. The number of fused-ring (bicyclic) bond motifs is 3. The molecular formula is C36H25NS. The highest BCUT2D eigenvalue weighted by atomic mass is 32.1. The van der Waals surface area contributed by atoms with Crippen molar-refractivity contribution < 1.29 is 0 Å². The highest BCUT2D eigenvalue weighted by molar-refractivity contribution is 7.25. The van der Waals surface area contributed by atoms with E-state index in [2.05, 4.69) is 151 Å². The Morgan fingerprint density at radius 3 is 1.63 bits per heavy atom. The zero-order chi connectivity index (χ0) is 25.3. The lowest BCUT2D eigenvalue weighted by Crippen LogP contribution is -1.93. The fourth-order valence-electron chi connectivity index (χ4n) is 5.24. The molecule has 7 rings (SSSR count). The number of para-hydroxylation sites is 1. The summed E-state index contributed by atoms with van der Waals surface area (Å²) in [5.74, 6) is 0. The van der Waals surface area contributed by atoms with E-state index in [1.165, 1.54) is 53.6 Å². The summed E-state index contributed by atoms with van der Waals surface area (Å²) in [6.45, 7) is 0. The fourth-order valence-corrected chi connectivity index (χ4v) is 6.31. The number of nitrogens with one attached hydrogen (secondary N) is 1. The summed E-state index contributed by atoms with van der Waals surface area (Å²) < 4.78 is 2.61. The Morgan fingerprint density at radius 2 is 0.921 bits per heavy atom. The van der Waals surface area contributed by atoms with E-state index in [9.17, 15) is 0 Å². The van der Waals surface area contributed by atoms with E-state index in [1.807, 2.05) is 11.3 Å². The number of hydrogen-bond donors (Lipinski definition) is 1. The molecule has 38 heavy (non-hydrogen) atoms. The van der Waals surface area contributed by atoms with Crippen LogP contribution in [0.15, 0.2) is 146 Å². The molecule has 0 radical (unpaired) electrons. The van der Waals surface area contributed by atoms with E-state index in [1.54, 1.807) is 0 Å². The van der Waals surface area contributed by atoms with Crippen LogP contribution < -0.4 is 5.32 Å². The molecule has 0 bridgehead atoms. The van der Waals surface area contributed by atoms with Gasteiger partial charge in [0.2, 0.25) is 0 Å². The van der Waals surface area contributed by atoms with Crippen molar-refractivity contribution >= 4 is 42.9 Å². The predicted molar refractivity (Wildman–Crippen MR) is 165 cm³/mol. The van der Waals surface area contributed by atoms with Crippen LogP contribution in [0.5, 0.6) is 0 Å². The van der Waals surface area contributed by atoms with Crippen molar-refractivity contribution in [1.82, 2.24) is 0 Å². The molecule has 0 saturated heterocycles. The van der Waals surface area contributed by atoms with Crippen molar-refractivity contribution in [2.75, 3.05) is 5.32 Å². The number of hydrogen-bond acceptors (Lipinski definition) is 2. The Kier molecular flexibility index (Phi) is 5.73. The van der Waals surface area contributed by atoms with E-state index in [0.29, 0.717) is 0 Å². The molecule has 0 unspecified atom stereocenters. The first kappa shape index (κ1) is 22.5. The highest BCUT2D eigenvalue weighted by Crippen LogP contribution is 2.40. The first-order valence-corrected chi connectivity index (χ1v) is 13.7. The molecule has 0 amide bonds. The standard InChI is InChI=1S/C36H25NS/c1-3-11-25(12-4-1)29-15-7-8-16-30(29)27-19-21-35-32(23-27)33-24-28(20-22-36(33)38-35)37-34-18-10-9-17-31(34)26-13-5-2-6-14-26/h1-24,37H. The molecule has 0 aliphatic rings. The smallest absolute Gasteiger partial charge is 0.0463 e. The largest absolute Gasteiger partial charge is 0.355 e. The minimum Gasteiger partial charge on any atom is -0.355 e. The van der Waals surface area contributed by atoms with Gasteiger partial charge in [0.25, 0.3) is 0 Å². The average molecular weight is 504 g/mol. The van der Waals surface area contributed by atoms with Crippen LogP contribution in [0.1, 0.15) is 0 Å². The van der Waals surface area contributed by atoms with E-state index >= 15 is 0 Å². The zero-order valence-corrected chi connectivity index (χ0v) is 21.6. The van der Waals surface area contributed by atoms with Crippen molar-refractivity contribution in [2.45, 2.75) is 0 Å². The lowest BCUT2D eigenvalue weighted by molar-refractivity contribution is 1.55. The number of thiophene rings is 1. The molecule has 0 spiro atoms. The van der Waals surface area contributed by atoms with Crippen molar-refractivity contribution in [3.63, 3.8) is 0 Å². The summed E-state index contributed by atoms with van der Waals surface area (Å²) in [5.41, 5.74) is 9.59. The van der Waals surface area contributed by atoms with Gasteiger partial charge < -0.3 is 5.32 Å². The number of benzene rings is 6. The van der Waals surface area contributed by atoms with Crippen molar-refractivity contribution in [3.05, 3.63) is 146 Å². The molecule has 6 aromatic carbocycles. The molecule has 0 atom stereocenters. The van der Waals surface area contributed by atoms with Crippen LogP contribution in [0, 0.1) is 0 Å². The maximum absolute atomic E-state index is 3.70. The molecule has 1 heterocycles. The molecule has 1 aromatic heterocycles. The van der Waals surface area contributed by atoms with E-state index < -0.39 is 0 Å². The summed E-state index contributed by atoms with van der Waals surface area (Å²) in [7, 11) is 0. The van der Waals surface area contributed by atoms with Crippen LogP contribution in [-0.2, 0) is 0 Å². The van der Waals surface area contributed by atoms with Gasteiger partial charge in [-0.3, -0.25) is 0 Å². The van der Waals surface area contributed by atoms with Gasteiger partial charge in [0.15, 0.2) is 0 Å². The normalized spacial score (nSPS) is 11.2. The average Bonchev–Trinajstić information content (AvgIpc) is 3.36. The molecule has 0 aliphatic carbocycles. The molecule has 0 aliphatic heterocycles. The monoisotopic (exact) mass is 503 g/mol. The van der Waals surface area contributed by atoms with Crippen LogP contribution in [0.25, 0.3) is 53.6 Å². The maximum Gasteiger partial charge on any atom is 0.0463 e. The fraction of sp³-hybridized carbons (Fsp3) is 0. The van der Waals surface area contributed by atoms with Crippen LogP contribution in [-0.4, -0.2) is 0 Å². The first-order chi connectivity index (χ1) is 18.8. The molecule has 7 aromatic rings. The second-order valence-electron chi connectivity index (χ2n) is 9.47. The van der Waals surface area contributed by atoms with Crippen LogP contribution in [0.4, 0.5) is 11.4 Å². The quantitative estimate of drug-likeness (QED) is 0.246. The molecule has 0 fully saturated rings. The highest BCUT2D eigenvalue weighted by Gasteiger charge is 2.12. The number of anilines is 2. The van der Waals surface area contributed by atoms with Gasteiger partial charge in [-0.15, -0.1) is 11.3 Å². The van der Waals surface area contributed by atoms with Gasteiger partial charge in [0.05, 0.1) is 0 Å². The van der Waals surface area contributed by atoms with E-state index in [4.69, 9.17) is 0 Å². The molecule has 1 nitrogen and oxygen atoms in total. The van der Waals surface area contributed by atoms with Gasteiger partial charge in [-0.25, -0.2) is 0 Å². The summed E-state index contributed by atoms with van der Waals surface area (Å²) in [4.78, 5) is 0. The zero-order valence-electron chi connectivity index (χ0n) is 20.8. The molecule has 0 saturated carbocycles. The summed E-state index contributed by atoms with van der Waals surface area (Å²) in [5, 5.41) is 6.28. The van der Waals surface area contributed by atoms with Gasteiger partial charge in [0.1, 0.15) is 0 Å². The van der Waals surface area contributed by atoms with Crippen LogP contribution in [0.2, 0.25) is 0 Å². The van der Waals surface area contributed by atoms with Gasteiger partial charge in [-0.2, -0.15) is 0 Å². The lowest BCUT2D eigenvalue weighted by atomic mass is 9.94. The Bertz CT molecular complexity index is 1880. The third-order valence-electron chi connectivity index (χ3n) is 7.08. The number of rotatable bonds is 5. The minimum atomic E-state index is 1.09. The molecule has 2 heteroatoms. The van der Waals surface area contributed by atoms with Crippen molar-refractivity contribution in [3.8, 4) is 33.4 Å². The second kappa shape index (κ2) is 9.66. The van der Waals surface area contributed by atoms with E-state index in [-0.39, 0.29) is 0 Å². The summed E-state index contributed by atoms with van der Waals surface area (Å²) >= 11 is 1.85. The van der Waals surface area contributed by atoms with Crippen molar-refractivity contribution in [1.29, 1.82) is 0 Å². The Labute approximate surface area is 226 Å². The summed E-state index contributed by atoms with van der Waals surface area (Å²) in [6, 6.07) is 52.0. The predicted octanol–water partition coefficient (Wildman–Crippen LogP) is 10.8. The Balaban J connectivity index is 1.31. The van der Waals surface area contributed by atoms with Gasteiger partial charge in [0, 0.05) is 37.1 Å². The molecular weight excluding hydrogens is 478 g/mol. The Hall–Kier alpha value is -4.66. The van der Waals surface area contributed by atoms with Crippen molar-refractivity contribution in [2.24, 2.45) is 0 Å². The maximum atomic E-state index is 3.70. The van der Waals surface area contributed by atoms with Crippen LogP contribution in [0.3, 0.4) is 0 Å². The first-order valence-electron chi connectivity index (χ1n) is 12.9. The SMILES string of the molecule is c1ccc(-c2ccccc2Nc2ccc3sc4ccc(-c5ccccc5-c5ccccc5)cc4c3c2)cc1. The lowest BCUT2D eigenvalue weighted by Gasteiger charge is -2.13. The van der Waals surface area contributed by atoms with Gasteiger partial charge in [-0.1, -0.05) is 109 Å². The van der Waals surface area contributed by atoms with E-state index in [0.717, 1.165) is 11.4 Å². The van der Waals surface area contributed by atoms with Gasteiger partial charge in [-0.05, 0) is 64.2 Å². The Morgan fingerprint density at radius 1 is 0.395 bits per heavy atom.